The van der Waals surface area contributed by atoms with E-state index in [0.717, 1.165) is 5.56 Å². The van der Waals surface area contributed by atoms with Crippen molar-refractivity contribution in [2.45, 2.75) is 50.7 Å². The van der Waals surface area contributed by atoms with Crippen molar-refractivity contribution in [2.75, 3.05) is 13.1 Å². The smallest absolute Gasteiger partial charge is 0.243 e. The van der Waals surface area contributed by atoms with Crippen LogP contribution in [0.2, 0.25) is 0 Å². The third kappa shape index (κ3) is 9.67. The molecular formula is C21H29N7O3. The van der Waals surface area contributed by atoms with Gasteiger partial charge in [-0.05, 0) is 50.2 Å². The van der Waals surface area contributed by atoms with Crippen molar-refractivity contribution in [3.05, 3.63) is 46.3 Å². The highest BCUT2D eigenvalue weighted by molar-refractivity contribution is 5.93. The summed E-state index contributed by atoms with van der Waals surface area (Å²) < 4.78 is 0. The molecule has 166 valence electrons. The van der Waals surface area contributed by atoms with Gasteiger partial charge < -0.3 is 21.7 Å². The summed E-state index contributed by atoms with van der Waals surface area (Å²) in [5.74, 6) is 0.778. The number of unbranched alkanes of at least 4 members (excludes halogenated alkanes) is 1. The molecule has 0 aromatic heterocycles. The van der Waals surface area contributed by atoms with Crippen molar-refractivity contribution < 1.29 is 14.4 Å². The van der Waals surface area contributed by atoms with Crippen LogP contribution in [-0.2, 0) is 20.8 Å². The molecule has 0 aliphatic heterocycles. The Kier molecular flexibility index (Phi) is 11.9. The molecule has 1 aromatic carbocycles. The van der Waals surface area contributed by atoms with Gasteiger partial charge in [0.05, 0.1) is 6.54 Å². The minimum atomic E-state index is -1.01. The molecule has 0 spiro atoms. The van der Waals surface area contributed by atoms with Gasteiger partial charge >= 0.3 is 0 Å². The number of nitrogens with one attached hydrogen (secondary N) is 3. The number of rotatable bonds is 13. The number of nitrogens with two attached hydrogens (primary N) is 1. The molecule has 0 bridgehead atoms. The Bertz CT molecular complexity index is 816. The Labute approximate surface area is 182 Å². The molecule has 0 radical (unpaired) electrons. The topological polar surface area (TPSA) is 162 Å². The second kappa shape index (κ2) is 14.4. The van der Waals surface area contributed by atoms with E-state index in [9.17, 15) is 14.4 Å². The SMILES string of the molecule is C#CCNC(=O)[C@H](CCCCN)NC(=O)[C@H](C)NC(=O)[C@H](Cc1ccccc1)N=[N+]=[N-]. The van der Waals surface area contributed by atoms with Gasteiger partial charge in [-0.1, -0.05) is 41.4 Å². The van der Waals surface area contributed by atoms with Gasteiger partial charge in [0, 0.05) is 4.91 Å². The van der Waals surface area contributed by atoms with Gasteiger partial charge in [-0.15, -0.1) is 6.42 Å². The predicted octanol–water partition coefficient (Wildman–Crippen LogP) is 0.776. The van der Waals surface area contributed by atoms with E-state index in [1.54, 1.807) is 0 Å². The van der Waals surface area contributed by atoms with E-state index >= 15 is 0 Å². The minimum Gasteiger partial charge on any atom is -0.344 e. The maximum absolute atomic E-state index is 12.6. The third-order valence-electron chi connectivity index (χ3n) is 4.46. The van der Waals surface area contributed by atoms with E-state index in [2.05, 4.69) is 31.9 Å². The molecule has 31 heavy (non-hydrogen) atoms. The second-order valence-electron chi connectivity index (χ2n) is 6.91. The van der Waals surface area contributed by atoms with Crippen molar-refractivity contribution in [1.82, 2.24) is 16.0 Å². The predicted molar refractivity (Wildman–Crippen MR) is 117 cm³/mol. The first-order chi connectivity index (χ1) is 14.9. The number of hydrogen-bond acceptors (Lipinski definition) is 5. The molecule has 10 nitrogen and oxygen atoms in total. The van der Waals surface area contributed by atoms with Gasteiger partial charge in [-0.3, -0.25) is 14.4 Å². The van der Waals surface area contributed by atoms with Crippen LogP contribution in [-0.4, -0.2) is 48.9 Å². The maximum Gasteiger partial charge on any atom is 0.243 e. The lowest BCUT2D eigenvalue weighted by atomic mass is 10.1. The highest BCUT2D eigenvalue weighted by Crippen LogP contribution is 2.07. The zero-order valence-electron chi connectivity index (χ0n) is 17.6. The van der Waals surface area contributed by atoms with Crippen LogP contribution in [0.4, 0.5) is 0 Å². The van der Waals surface area contributed by atoms with Crippen molar-refractivity contribution in [1.29, 1.82) is 0 Å². The number of terminal acetylenes is 1. The summed E-state index contributed by atoms with van der Waals surface area (Å²) in [6.07, 6.45) is 7.08. The summed E-state index contributed by atoms with van der Waals surface area (Å²) in [7, 11) is 0. The number of azide groups is 1. The van der Waals surface area contributed by atoms with Crippen molar-refractivity contribution in [3.63, 3.8) is 0 Å². The highest BCUT2D eigenvalue weighted by atomic mass is 16.2. The van der Waals surface area contributed by atoms with Crippen LogP contribution in [0.3, 0.4) is 0 Å². The number of hydrogen-bond donors (Lipinski definition) is 4. The minimum absolute atomic E-state index is 0.0434. The van der Waals surface area contributed by atoms with Gasteiger partial charge in [0.25, 0.3) is 0 Å². The van der Waals surface area contributed by atoms with Crippen LogP contribution in [0.25, 0.3) is 10.4 Å². The molecule has 1 rings (SSSR count). The molecule has 0 heterocycles. The first-order valence-corrected chi connectivity index (χ1v) is 10.0. The lowest BCUT2D eigenvalue weighted by molar-refractivity contribution is -0.132. The molecule has 1 aromatic rings. The summed E-state index contributed by atoms with van der Waals surface area (Å²) in [5, 5.41) is 11.3. The van der Waals surface area contributed by atoms with Crippen LogP contribution in [0.1, 0.15) is 31.7 Å². The Morgan fingerprint density at radius 2 is 1.87 bits per heavy atom. The first kappa shape index (κ1) is 25.5. The maximum atomic E-state index is 12.6. The van der Waals surface area contributed by atoms with Gasteiger partial charge in [0.15, 0.2) is 0 Å². The number of nitrogens with zero attached hydrogens (tertiary/aromatic N) is 3. The summed E-state index contributed by atoms with van der Waals surface area (Å²) in [4.78, 5) is 40.1. The van der Waals surface area contributed by atoms with Crippen molar-refractivity contribution in [3.8, 4) is 12.3 Å². The fraction of sp³-hybridized carbons (Fsp3) is 0.476. The Morgan fingerprint density at radius 1 is 1.16 bits per heavy atom. The molecule has 3 atom stereocenters. The van der Waals surface area contributed by atoms with Crippen molar-refractivity contribution >= 4 is 17.7 Å². The zero-order chi connectivity index (χ0) is 23.1. The van der Waals surface area contributed by atoms with Crippen LogP contribution < -0.4 is 21.7 Å². The Balaban J connectivity index is 2.74. The molecule has 0 fully saturated rings. The van der Waals surface area contributed by atoms with E-state index < -0.39 is 35.8 Å². The molecular weight excluding hydrogens is 398 g/mol. The Morgan fingerprint density at radius 3 is 2.48 bits per heavy atom. The highest BCUT2D eigenvalue weighted by Gasteiger charge is 2.26. The van der Waals surface area contributed by atoms with Gasteiger partial charge in [0.2, 0.25) is 17.7 Å². The molecule has 5 N–H and O–H groups in total. The van der Waals surface area contributed by atoms with E-state index in [4.69, 9.17) is 17.7 Å². The molecule has 0 unspecified atom stereocenters. The molecule has 0 saturated carbocycles. The largest absolute Gasteiger partial charge is 0.344 e. The third-order valence-corrected chi connectivity index (χ3v) is 4.46. The molecule has 10 heteroatoms. The molecule has 0 saturated heterocycles. The van der Waals surface area contributed by atoms with Crippen LogP contribution in [0.15, 0.2) is 35.4 Å². The second-order valence-corrected chi connectivity index (χ2v) is 6.91. The monoisotopic (exact) mass is 427 g/mol. The van der Waals surface area contributed by atoms with Crippen LogP contribution in [0.5, 0.6) is 0 Å². The van der Waals surface area contributed by atoms with Crippen LogP contribution >= 0.6 is 0 Å². The number of carbonyl (C=O) groups is 3. The number of benzene rings is 1. The quantitative estimate of drug-likeness (QED) is 0.120. The van der Waals surface area contributed by atoms with E-state index in [1.807, 2.05) is 30.3 Å². The van der Waals surface area contributed by atoms with Crippen LogP contribution in [0, 0.1) is 12.3 Å². The van der Waals surface area contributed by atoms with Gasteiger partial charge in [0.1, 0.15) is 18.1 Å². The normalized spacial score (nSPS) is 12.9. The fourth-order valence-electron chi connectivity index (χ4n) is 2.78. The van der Waals surface area contributed by atoms with Gasteiger partial charge in [-0.25, -0.2) is 0 Å². The fourth-order valence-corrected chi connectivity index (χ4v) is 2.78. The standard InChI is InChI=1S/C21H29N7O3/c1-3-13-24-20(30)17(11-7-8-12-22)26-19(29)15(2)25-21(31)18(27-28-23)14-16-9-5-4-6-10-16/h1,4-6,9-10,15,17-18H,7-8,11-14,22H2,2H3,(H,24,30)(H,25,31)(H,26,29)/t15-,17-,18-/m0/s1. The van der Waals surface area contributed by atoms with E-state index in [-0.39, 0.29) is 13.0 Å². The van der Waals surface area contributed by atoms with Crippen molar-refractivity contribution in [2.24, 2.45) is 10.8 Å². The average Bonchev–Trinajstić information content (AvgIpc) is 2.77. The van der Waals surface area contributed by atoms with E-state index in [0.29, 0.717) is 25.8 Å². The lowest BCUT2D eigenvalue weighted by Gasteiger charge is -2.22. The average molecular weight is 428 g/mol. The first-order valence-electron chi connectivity index (χ1n) is 10.0. The summed E-state index contributed by atoms with van der Waals surface area (Å²) in [5.41, 5.74) is 15.1. The summed E-state index contributed by atoms with van der Waals surface area (Å²) in [6.45, 7) is 2.00. The Hall–Kier alpha value is -3.54. The molecule has 0 aliphatic carbocycles. The number of amides is 3. The molecule has 0 aliphatic rings. The van der Waals surface area contributed by atoms with Gasteiger partial charge in [-0.2, -0.15) is 0 Å². The van der Waals surface area contributed by atoms with E-state index in [1.165, 1.54) is 6.92 Å². The zero-order valence-corrected chi connectivity index (χ0v) is 17.6. The summed E-state index contributed by atoms with van der Waals surface area (Å²) >= 11 is 0. The number of carbonyl (C=O) groups excluding carboxylic acids is 3. The lowest BCUT2D eigenvalue weighted by Crippen LogP contribution is -2.54. The summed E-state index contributed by atoms with van der Waals surface area (Å²) in [6, 6.07) is 6.32. The molecule has 3 amide bonds.